The van der Waals surface area contributed by atoms with E-state index in [9.17, 15) is 4.79 Å². The van der Waals surface area contributed by atoms with Crippen molar-refractivity contribution in [3.8, 4) is 11.5 Å². The molecule has 182 valence electrons. The highest BCUT2D eigenvalue weighted by Gasteiger charge is 2.15. The fourth-order valence-corrected chi connectivity index (χ4v) is 4.61. The number of aromatic nitrogens is 1. The van der Waals surface area contributed by atoms with Crippen molar-refractivity contribution in [1.29, 1.82) is 0 Å². The summed E-state index contributed by atoms with van der Waals surface area (Å²) in [5.74, 6) is 1.33. The molecule has 2 aromatic carbocycles. The molecule has 3 rings (SSSR count). The van der Waals surface area contributed by atoms with Crippen LogP contribution >= 0.6 is 22.9 Å². The lowest BCUT2D eigenvalue weighted by atomic mass is 10.1. The SMILES string of the molecule is CCCCNC(=O)c1csc(CN(CCc2ccc(OC)c(OC)c2)Cc2cccc(Cl)c2)n1. The Morgan fingerprint density at radius 2 is 1.91 bits per heavy atom. The minimum absolute atomic E-state index is 0.109. The molecule has 0 radical (unpaired) electrons. The molecule has 0 bridgehead atoms. The zero-order chi connectivity index (χ0) is 24.3. The first-order valence-electron chi connectivity index (χ1n) is 11.4. The van der Waals surface area contributed by atoms with Crippen LogP contribution in [0.1, 0.15) is 46.4 Å². The number of hydrogen-bond acceptors (Lipinski definition) is 6. The van der Waals surface area contributed by atoms with Crippen molar-refractivity contribution in [2.24, 2.45) is 0 Å². The van der Waals surface area contributed by atoms with E-state index in [1.807, 2.05) is 35.7 Å². The molecule has 0 aliphatic rings. The maximum atomic E-state index is 12.4. The molecule has 0 aliphatic heterocycles. The Labute approximate surface area is 210 Å². The molecule has 1 N–H and O–H groups in total. The number of ether oxygens (including phenoxy) is 2. The Balaban J connectivity index is 1.71. The van der Waals surface area contributed by atoms with Crippen LogP contribution in [0.2, 0.25) is 5.02 Å². The van der Waals surface area contributed by atoms with E-state index in [-0.39, 0.29) is 5.91 Å². The Morgan fingerprint density at radius 1 is 1.09 bits per heavy atom. The van der Waals surface area contributed by atoms with Gasteiger partial charge in [-0.1, -0.05) is 43.1 Å². The molecule has 34 heavy (non-hydrogen) atoms. The monoisotopic (exact) mass is 501 g/mol. The van der Waals surface area contributed by atoms with Crippen LogP contribution in [-0.2, 0) is 19.5 Å². The number of halogens is 1. The highest BCUT2D eigenvalue weighted by Crippen LogP contribution is 2.28. The third kappa shape index (κ3) is 7.72. The fourth-order valence-electron chi connectivity index (χ4n) is 3.58. The van der Waals surface area contributed by atoms with Gasteiger partial charge in [-0.05, 0) is 48.2 Å². The molecule has 0 aliphatic carbocycles. The minimum atomic E-state index is -0.109. The number of unbranched alkanes of at least 4 members (excludes halogenated alkanes) is 1. The summed E-state index contributed by atoms with van der Waals surface area (Å²) in [5, 5.41) is 6.40. The van der Waals surface area contributed by atoms with Crippen LogP contribution in [0.15, 0.2) is 47.8 Å². The van der Waals surface area contributed by atoms with Crippen molar-refractivity contribution in [2.75, 3.05) is 27.3 Å². The molecule has 0 fully saturated rings. The number of nitrogens with one attached hydrogen (secondary N) is 1. The predicted molar refractivity (Wildman–Crippen MR) is 138 cm³/mol. The van der Waals surface area contributed by atoms with E-state index in [1.54, 1.807) is 14.2 Å². The summed E-state index contributed by atoms with van der Waals surface area (Å²) in [7, 11) is 3.28. The van der Waals surface area contributed by atoms with E-state index in [2.05, 4.69) is 34.3 Å². The lowest BCUT2D eigenvalue weighted by Gasteiger charge is -2.22. The first kappa shape index (κ1) is 26.0. The van der Waals surface area contributed by atoms with Crippen LogP contribution in [0.25, 0.3) is 0 Å². The molecule has 1 aromatic heterocycles. The minimum Gasteiger partial charge on any atom is -0.493 e. The summed E-state index contributed by atoms with van der Waals surface area (Å²) in [6, 6.07) is 13.9. The van der Waals surface area contributed by atoms with Gasteiger partial charge in [-0.3, -0.25) is 9.69 Å². The molecule has 1 heterocycles. The number of carbonyl (C=O) groups is 1. The van der Waals surface area contributed by atoms with Gasteiger partial charge in [0.05, 0.1) is 20.8 Å². The summed E-state index contributed by atoms with van der Waals surface area (Å²) in [4.78, 5) is 19.3. The summed E-state index contributed by atoms with van der Waals surface area (Å²) in [5.41, 5.74) is 2.77. The first-order chi connectivity index (χ1) is 16.5. The summed E-state index contributed by atoms with van der Waals surface area (Å²) in [6.45, 7) is 4.95. The van der Waals surface area contributed by atoms with Gasteiger partial charge in [0.25, 0.3) is 5.91 Å². The number of benzene rings is 2. The van der Waals surface area contributed by atoms with Gasteiger partial charge in [0.1, 0.15) is 10.7 Å². The van der Waals surface area contributed by atoms with Gasteiger partial charge in [0.15, 0.2) is 11.5 Å². The lowest BCUT2D eigenvalue weighted by Crippen LogP contribution is -2.26. The molecule has 0 unspecified atom stereocenters. The summed E-state index contributed by atoms with van der Waals surface area (Å²) < 4.78 is 10.8. The van der Waals surface area contributed by atoms with Crippen LogP contribution in [-0.4, -0.2) is 43.1 Å². The predicted octanol–water partition coefficient (Wildman–Crippen LogP) is 5.59. The first-order valence-corrected chi connectivity index (χ1v) is 12.7. The van der Waals surface area contributed by atoms with Gasteiger partial charge >= 0.3 is 0 Å². The van der Waals surface area contributed by atoms with Crippen molar-refractivity contribution < 1.29 is 14.3 Å². The van der Waals surface area contributed by atoms with Gasteiger partial charge in [0.2, 0.25) is 0 Å². The summed E-state index contributed by atoms with van der Waals surface area (Å²) in [6.07, 6.45) is 2.84. The number of thiazole rings is 1. The smallest absolute Gasteiger partial charge is 0.270 e. The average Bonchev–Trinajstić information content (AvgIpc) is 3.31. The second kappa shape index (κ2) is 13.3. The normalized spacial score (nSPS) is 11.0. The molecule has 1 amide bonds. The van der Waals surface area contributed by atoms with Gasteiger partial charge in [0, 0.05) is 30.0 Å². The van der Waals surface area contributed by atoms with Crippen molar-refractivity contribution in [3.05, 3.63) is 74.7 Å². The number of methoxy groups -OCH3 is 2. The van der Waals surface area contributed by atoms with Gasteiger partial charge in [-0.25, -0.2) is 4.98 Å². The van der Waals surface area contributed by atoms with E-state index >= 15 is 0 Å². The molecule has 0 saturated carbocycles. The van der Waals surface area contributed by atoms with Crippen molar-refractivity contribution in [1.82, 2.24) is 15.2 Å². The standard InChI is InChI=1S/C26H32ClN3O3S/c1-4-5-12-28-26(31)22-18-34-25(29-22)17-30(16-20-7-6-8-21(27)14-20)13-11-19-9-10-23(32-2)24(15-19)33-3/h6-10,14-15,18H,4-5,11-13,16-17H2,1-3H3,(H,28,31). The molecular formula is C26H32ClN3O3S. The number of nitrogens with zero attached hydrogens (tertiary/aromatic N) is 2. The van der Waals surface area contributed by atoms with E-state index in [4.69, 9.17) is 21.1 Å². The van der Waals surface area contributed by atoms with Crippen LogP contribution < -0.4 is 14.8 Å². The van der Waals surface area contributed by atoms with Gasteiger partial charge in [-0.15, -0.1) is 11.3 Å². The van der Waals surface area contributed by atoms with Crippen LogP contribution in [0.4, 0.5) is 0 Å². The fraction of sp³-hybridized carbons (Fsp3) is 0.385. The third-order valence-electron chi connectivity index (χ3n) is 5.42. The summed E-state index contributed by atoms with van der Waals surface area (Å²) >= 11 is 7.73. The van der Waals surface area contributed by atoms with E-state index in [0.29, 0.717) is 18.8 Å². The maximum Gasteiger partial charge on any atom is 0.270 e. The molecule has 8 heteroatoms. The van der Waals surface area contributed by atoms with Gasteiger partial charge < -0.3 is 14.8 Å². The second-order valence-corrected chi connectivity index (χ2v) is 9.39. The second-order valence-electron chi connectivity index (χ2n) is 8.02. The van der Waals surface area contributed by atoms with Crippen molar-refractivity contribution in [2.45, 2.75) is 39.3 Å². The average molecular weight is 502 g/mol. The molecule has 3 aromatic rings. The number of hydrogen-bond donors (Lipinski definition) is 1. The van der Waals surface area contributed by atoms with Gasteiger partial charge in [-0.2, -0.15) is 0 Å². The largest absolute Gasteiger partial charge is 0.493 e. The lowest BCUT2D eigenvalue weighted by molar-refractivity contribution is 0.0948. The Morgan fingerprint density at radius 3 is 2.65 bits per heavy atom. The van der Waals surface area contributed by atoms with E-state index in [0.717, 1.165) is 65.0 Å². The van der Waals surface area contributed by atoms with Crippen LogP contribution in [0.5, 0.6) is 11.5 Å². The van der Waals surface area contributed by atoms with Crippen LogP contribution in [0.3, 0.4) is 0 Å². The van der Waals surface area contributed by atoms with Crippen molar-refractivity contribution >= 4 is 28.8 Å². The molecule has 0 spiro atoms. The van der Waals surface area contributed by atoms with Crippen LogP contribution in [0, 0.1) is 0 Å². The zero-order valence-corrected chi connectivity index (χ0v) is 21.5. The number of amides is 1. The Hall–Kier alpha value is -2.61. The zero-order valence-electron chi connectivity index (χ0n) is 20.0. The topological polar surface area (TPSA) is 63.7 Å². The van der Waals surface area contributed by atoms with E-state index < -0.39 is 0 Å². The molecule has 0 atom stereocenters. The molecular weight excluding hydrogens is 470 g/mol. The van der Waals surface area contributed by atoms with E-state index in [1.165, 1.54) is 11.3 Å². The maximum absolute atomic E-state index is 12.4. The Kier molecular flexibility index (Phi) is 10.2. The molecule has 6 nitrogen and oxygen atoms in total. The molecule has 0 saturated heterocycles. The Bertz CT molecular complexity index is 1070. The quantitative estimate of drug-likeness (QED) is 0.309. The highest BCUT2D eigenvalue weighted by molar-refractivity contribution is 7.09. The van der Waals surface area contributed by atoms with Crippen molar-refractivity contribution in [3.63, 3.8) is 0 Å². The third-order valence-corrected chi connectivity index (χ3v) is 6.49. The highest BCUT2D eigenvalue weighted by atomic mass is 35.5. The number of carbonyl (C=O) groups excluding carboxylic acids is 1. The number of rotatable bonds is 13.